The van der Waals surface area contributed by atoms with E-state index in [9.17, 15) is 9.59 Å². The summed E-state index contributed by atoms with van der Waals surface area (Å²) in [5.74, 6) is 0.321. The first-order valence-electron chi connectivity index (χ1n) is 10.1. The normalized spacial score (nSPS) is 15.9. The molecular formula is C23H25N3O2S. The number of hydrogen-bond donors (Lipinski definition) is 0. The summed E-state index contributed by atoms with van der Waals surface area (Å²) in [6.07, 6.45) is 3.15. The van der Waals surface area contributed by atoms with E-state index in [2.05, 4.69) is 23.2 Å². The van der Waals surface area contributed by atoms with E-state index < -0.39 is 0 Å². The predicted molar refractivity (Wildman–Crippen MR) is 117 cm³/mol. The number of rotatable bonds is 5. The van der Waals surface area contributed by atoms with Gasteiger partial charge >= 0.3 is 0 Å². The lowest BCUT2D eigenvalue weighted by atomic mass is 9.87. The zero-order valence-corrected chi connectivity index (χ0v) is 17.6. The number of hydrogen-bond acceptors (Lipinski definition) is 4. The van der Waals surface area contributed by atoms with Gasteiger partial charge in [-0.1, -0.05) is 48.2 Å². The summed E-state index contributed by atoms with van der Waals surface area (Å²) in [4.78, 5) is 32.2. The summed E-state index contributed by atoms with van der Waals surface area (Å²) < 4.78 is 1.65. The molecule has 0 radical (unpaired) electrons. The first kappa shape index (κ1) is 19.7. The largest absolute Gasteiger partial charge is 0.338 e. The van der Waals surface area contributed by atoms with Crippen LogP contribution in [0.3, 0.4) is 0 Å². The Morgan fingerprint density at radius 2 is 1.97 bits per heavy atom. The van der Waals surface area contributed by atoms with Crippen LogP contribution in [0.1, 0.15) is 36.9 Å². The second kappa shape index (κ2) is 8.41. The number of thioether (sulfide) groups is 1. The van der Waals surface area contributed by atoms with Crippen LogP contribution in [0.25, 0.3) is 10.9 Å². The molecule has 1 aliphatic rings. The van der Waals surface area contributed by atoms with Gasteiger partial charge in [0.2, 0.25) is 5.91 Å². The number of fused-ring (bicyclic) bond motifs is 2. The maximum atomic E-state index is 13.0. The lowest BCUT2D eigenvalue weighted by Gasteiger charge is -2.33. The summed E-state index contributed by atoms with van der Waals surface area (Å²) in [6.45, 7) is 2.45. The summed E-state index contributed by atoms with van der Waals surface area (Å²) in [6, 6.07) is 15.9. The highest BCUT2D eigenvalue weighted by Crippen LogP contribution is 2.34. The van der Waals surface area contributed by atoms with Crippen LogP contribution in [-0.4, -0.2) is 33.2 Å². The van der Waals surface area contributed by atoms with Crippen molar-refractivity contribution in [2.75, 3.05) is 12.8 Å². The first-order valence-corrected chi connectivity index (χ1v) is 11.0. The third-order valence-corrected chi connectivity index (χ3v) is 6.63. The summed E-state index contributed by atoms with van der Waals surface area (Å²) >= 11 is 1.34. The molecule has 1 aliphatic carbocycles. The van der Waals surface area contributed by atoms with Crippen LogP contribution in [0.5, 0.6) is 0 Å². The maximum absolute atomic E-state index is 13.0. The van der Waals surface area contributed by atoms with Crippen molar-refractivity contribution in [1.29, 1.82) is 0 Å². The molecule has 1 aromatic heterocycles. The summed E-state index contributed by atoms with van der Waals surface area (Å²) in [5.41, 5.74) is 3.22. The molecule has 5 nitrogen and oxygen atoms in total. The smallest absolute Gasteiger partial charge is 0.262 e. The van der Waals surface area contributed by atoms with Crippen molar-refractivity contribution in [2.45, 2.75) is 43.9 Å². The molecule has 1 atom stereocenters. The molecule has 0 fully saturated rings. The Bertz CT molecular complexity index is 1110. The van der Waals surface area contributed by atoms with E-state index in [1.807, 2.05) is 43.1 Å². The number of amides is 1. The molecule has 0 saturated heterocycles. The third kappa shape index (κ3) is 3.81. The van der Waals surface area contributed by atoms with Crippen molar-refractivity contribution in [2.24, 2.45) is 0 Å². The highest BCUT2D eigenvalue weighted by atomic mass is 32.2. The number of nitrogens with zero attached hydrogens (tertiary/aromatic N) is 3. The van der Waals surface area contributed by atoms with Gasteiger partial charge in [0, 0.05) is 13.6 Å². The second-order valence-corrected chi connectivity index (χ2v) is 8.30. The molecule has 150 valence electrons. The van der Waals surface area contributed by atoms with Gasteiger partial charge in [0.25, 0.3) is 5.56 Å². The van der Waals surface area contributed by atoms with Crippen molar-refractivity contribution >= 4 is 28.6 Å². The zero-order valence-electron chi connectivity index (χ0n) is 16.8. The second-order valence-electron chi connectivity index (χ2n) is 7.36. The molecule has 29 heavy (non-hydrogen) atoms. The fourth-order valence-corrected chi connectivity index (χ4v) is 5.06. The number of carbonyl (C=O) groups excluding carboxylic acids is 1. The van der Waals surface area contributed by atoms with Crippen molar-refractivity contribution < 1.29 is 4.79 Å². The van der Waals surface area contributed by atoms with Crippen LogP contribution in [0.15, 0.2) is 58.5 Å². The van der Waals surface area contributed by atoms with Crippen LogP contribution in [0.2, 0.25) is 0 Å². The van der Waals surface area contributed by atoms with E-state index in [0.29, 0.717) is 22.6 Å². The van der Waals surface area contributed by atoms with E-state index in [-0.39, 0.29) is 23.3 Å². The Labute approximate surface area is 174 Å². The molecule has 1 heterocycles. The quantitative estimate of drug-likeness (QED) is 0.473. The zero-order chi connectivity index (χ0) is 20.4. The molecule has 6 heteroatoms. The van der Waals surface area contributed by atoms with Gasteiger partial charge in [-0.25, -0.2) is 4.98 Å². The van der Waals surface area contributed by atoms with Crippen molar-refractivity contribution in [3.63, 3.8) is 0 Å². The standard InChI is InChI=1S/C23H25N3O2S/c1-3-26-22(28)18-12-6-7-13-19(18)24-23(26)29-15-21(27)25(2)20-14-8-10-16-9-4-5-11-17(16)20/h4-7,9,11-13,20H,3,8,10,14-15H2,1-2H3. The maximum Gasteiger partial charge on any atom is 0.262 e. The van der Waals surface area contributed by atoms with Crippen LogP contribution in [0.4, 0.5) is 0 Å². The van der Waals surface area contributed by atoms with Gasteiger partial charge in [-0.3, -0.25) is 14.2 Å². The highest BCUT2D eigenvalue weighted by molar-refractivity contribution is 7.99. The van der Waals surface area contributed by atoms with Crippen molar-refractivity contribution in [1.82, 2.24) is 14.5 Å². The third-order valence-electron chi connectivity index (χ3n) is 5.67. The van der Waals surface area contributed by atoms with Crippen LogP contribution in [-0.2, 0) is 17.8 Å². The van der Waals surface area contributed by atoms with Gasteiger partial charge in [0.05, 0.1) is 22.7 Å². The van der Waals surface area contributed by atoms with Gasteiger partial charge in [0.1, 0.15) is 0 Å². The lowest BCUT2D eigenvalue weighted by Crippen LogP contribution is -2.34. The van der Waals surface area contributed by atoms with Crippen LogP contribution >= 0.6 is 11.8 Å². The minimum atomic E-state index is -0.0531. The monoisotopic (exact) mass is 407 g/mol. The van der Waals surface area contributed by atoms with Crippen LogP contribution < -0.4 is 5.56 Å². The van der Waals surface area contributed by atoms with E-state index in [4.69, 9.17) is 0 Å². The number of aryl methyl sites for hydroxylation is 1. The van der Waals surface area contributed by atoms with E-state index in [1.54, 1.807) is 10.6 Å². The van der Waals surface area contributed by atoms with Gasteiger partial charge in [0.15, 0.2) is 5.16 Å². The Morgan fingerprint density at radius 3 is 2.79 bits per heavy atom. The number of carbonyl (C=O) groups is 1. The molecule has 0 N–H and O–H groups in total. The molecule has 0 bridgehead atoms. The first-order chi connectivity index (χ1) is 14.1. The fraction of sp³-hybridized carbons (Fsp3) is 0.348. The van der Waals surface area contributed by atoms with E-state index in [1.165, 1.54) is 22.9 Å². The highest BCUT2D eigenvalue weighted by Gasteiger charge is 2.26. The molecule has 3 aromatic rings. The van der Waals surface area contributed by atoms with Crippen molar-refractivity contribution in [3.05, 3.63) is 70.0 Å². The molecule has 0 saturated carbocycles. The van der Waals surface area contributed by atoms with E-state index >= 15 is 0 Å². The minimum absolute atomic E-state index is 0.0531. The van der Waals surface area contributed by atoms with Crippen molar-refractivity contribution in [3.8, 4) is 0 Å². The molecular weight excluding hydrogens is 382 g/mol. The predicted octanol–water partition coefficient (Wildman–Crippen LogP) is 4.04. The Balaban J connectivity index is 1.54. The molecule has 4 rings (SSSR count). The van der Waals surface area contributed by atoms with Gasteiger partial charge < -0.3 is 4.90 Å². The average molecular weight is 408 g/mol. The summed E-state index contributed by atoms with van der Waals surface area (Å²) in [5, 5.41) is 1.21. The Hall–Kier alpha value is -2.60. The number of para-hydroxylation sites is 1. The molecule has 0 aliphatic heterocycles. The Morgan fingerprint density at radius 1 is 1.21 bits per heavy atom. The average Bonchev–Trinajstić information content (AvgIpc) is 2.76. The molecule has 0 spiro atoms. The molecule has 2 aromatic carbocycles. The minimum Gasteiger partial charge on any atom is -0.338 e. The SMILES string of the molecule is CCn1c(SCC(=O)N(C)C2CCCc3ccccc32)nc2ccccc2c1=O. The molecule has 1 amide bonds. The van der Waals surface area contributed by atoms with Gasteiger partial charge in [-0.05, 0) is 49.4 Å². The van der Waals surface area contributed by atoms with Gasteiger partial charge in [-0.15, -0.1) is 0 Å². The molecule has 1 unspecified atom stereocenters. The van der Waals surface area contributed by atoms with E-state index in [0.717, 1.165) is 19.3 Å². The fourth-order valence-electron chi connectivity index (χ4n) is 4.07. The lowest BCUT2D eigenvalue weighted by molar-refractivity contribution is -0.129. The summed E-state index contributed by atoms with van der Waals surface area (Å²) in [7, 11) is 1.89. The number of benzene rings is 2. The topological polar surface area (TPSA) is 55.2 Å². The van der Waals surface area contributed by atoms with Gasteiger partial charge in [-0.2, -0.15) is 0 Å². The van der Waals surface area contributed by atoms with Crippen LogP contribution in [0, 0.1) is 0 Å². The number of aromatic nitrogens is 2. The Kier molecular flexibility index (Phi) is 5.72.